The Bertz CT molecular complexity index is 412. The molecule has 2 rings (SSSR count). The Balaban J connectivity index is 1.80. The number of morpholine rings is 1. The van der Waals surface area contributed by atoms with Gasteiger partial charge in [-0.2, -0.15) is 0 Å². The maximum Gasteiger partial charge on any atom is 0.191 e. The summed E-state index contributed by atoms with van der Waals surface area (Å²) in [5.41, 5.74) is 0. The minimum absolute atomic E-state index is 0.531. The van der Waals surface area contributed by atoms with Crippen LogP contribution in [-0.2, 0) is 4.74 Å². The molecule has 0 spiro atoms. The van der Waals surface area contributed by atoms with Crippen LogP contribution in [0, 0.1) is 5.92 Å². The molecule has 0 aromatic carbocycles. The van der Waals surface area contributed by atoms with E-state index in [0.29, 0.717) is 24.0 Å². The van der Waals surface area contributed by atoms with Crippen molar-refractivity contribution in [1.82, 2.24) is 20.4 Å². The Morgan fingerprint density at radius 1 is 1.04 bits per heavy atom. The van der Waals surface area contributed by atoms with Crippen molar-refractivity contribution >= 4 is 5.96 Å². The second-order valence-corrected chi connectivity index (χ2v) is 8.43. The summed E-state index contributed by atoms with van der Waals surface area (Å²) in [4.78, 5) is 9.61. The minimum Gasteiger partial charge on any atom is -0.379 e. The molecular weight excluding hydrogens is 326 g/mol. The zero-order valence-corrected chi connectivity index (χ0v) is 17.6. The van der Waals surface area contributed by atoms with Gasteiger partial charge in [-0.25, -0.2) is 0 Å². The van der Waals surface area contributed by atoms with Crippen molar-refractivity contribution in [1.29, 1.82) is 0 Å². The van der Waals surface area contributed by atoms with Gasteiger partial charge in [0.1, 0.15) is 0 Å². The molecule has 2 N–H and O–H groups in total. The second kappa shape index (κ2) is 11.1. The molecule has 26 heavy (non-hydrogen) atoms. The van der Waals surface area contributed by atoms with Crippen LogP contribution >= 0.6 is 0 Å². The van der Waals surface area contributed by atoms with E-state index in [0.717, 1.165) is 38.8 Å². The van der Waals surface area contributed by atoms with E-state index in [4.69, 9.17) is 4.74 Å². The van der Waals surface area contributed by atoms with Gasteiger partial charge in [-0.1, -0.05) is 13.8 Å². The lowest BCUT2D eigenvalue weighted by atomic mass is 10.0. The first-order valence-corrected chi connectivity index (χ1v) is 10.5. The molecule has 2 heterocycles. The maximum absolute atomic E-state index is 5.53. The first kappa shape index (κ1) is 21.5. The predicted molar refractivity (Wildman–Crippen MR) is 110 cm³/mol. The fourth-order valence-corrected chi connectivity index (χ4v) is 4.01. The molecule has 0 aromatic heterocycles. The molecule has 0 radical (unpaired) electrons. The highest BCUT2D eigenvalue weighted by Crippen LogP contribution is 2.14. The van der Waals surface area contributed by atoms with Gasteiger partial charge in [0.25, 0.3) is 0 Å². The third-order valence-corrected chi connectivity index (χ3v) is 5.63. The first-order chi connectivity index (χ1) is 12.5. The lowest BCUT2D eigenvalue weighted by Gasteiger charge is -2.37. The van der Waals surface area contributed by atoms with Crippen molar-refractivity contribution in [2.24, 2.45) is 10.9 Å². The number of nitrogens with one attached hydrogen (secondary N) is 2. The Morgan fingerprint density at radius 3 is 2.23 bits per heavy atom. The quantitative estimate of drug-likeness (QED) is 0.531. The SMILES string of the molecule is CN=C(NCC(CC(C)C)N1CCOCC1)NC1CCN(C(C)C)CC1. The van der Waals surface area contributed by atoms with Crippen molar-refractivity contribution < 1.29 is 4.74 Å². The lowest BCUT2D eigenvalue weighted by Crippen LogP contribution is -2.53. The lowest BCUT2D eigenvalue weighted by molar-refractivity contribution is 0.0132. The Morgan fingerprint density at radius 2 is 1.69 bits per heavy atom. The molecule has 0 saturated carbocycles. The van der Waals surface area contributed by atoms with E-state index in [1.165, 1.54) is 32.4 Å². The van der Waals surface area contributed by atoms with E-state index in [9.17, 15) is 0 Å². The van der Waals surface area contributed by atoms with Gasteiger partial charge in [0, 0.05) is 57.9 Å². The Labute approximate surface area is 160 Å². The van der Waals surface area contributed by atoms with Gasteiger partial charge in [-0.15, -0.1) is 0 Å². The monoisotopic (exact) mass is 367 g/mol. The van der Waals surface area contributed by atoms with Crippen LogP contribution in [0.2, 0.25) is 0 Å². The third kappa shape index (κ3) is 7.05. The highest BCUT2D eigenvalue weighted by Gasteiger charge is 2.24. The van der Waals surface area contributed by atoms with E-state index in [1.807, 2.05) is 7.05 Å². The summed E-state index contributed by atoms with van der Waals surface area (Å²) in [6, 6.07) is 1.72. The van der Waals surface area contributed by atoms with Crippen LogP contribution in [0.5, 0.6) is 0 Å². The molecule has 6 heteroatoms. The van der Waals surface area contributed by atoms with Gasteiger partial charge in [-0.3, -0.25) is 9.89 Å². The zero-order chi connectivity index (χ0) is 18.9. The predicted octanol–water partition coefficient (Wildman–Crippen LogP) is 1.77. The van der Waals surface area contributed by atoms with Crippen LogP contribution in [0.3, 0.4) is 0 Å². The molecule has 152 valence electrons. The van der Waals surface area contributed by atoms with Crippen LogP contribution in [0.25, 0.3) is 0 Å². The first-order valence-electron chi connectivity index (χ1n) is 10.5. The number of hydrogen-bond acceptors (Lipinski definition) is 4. The van der Waals surface area contributed by atoms with Gasteiger partial charge in [0.05, 0.1) is 13.2 Å². The molecule has 2 fully saturated rings. The average molecular weight is 368 g/mol. The molecule has 1 atom stereocenters. The highest BCUT2D eigenvalue weighted by molar-refractivity contribution is 5.80. The highest BCUT2D eigenvalue weighted by atomic mass is 16.5. The number of nitrogens with zero attached hydrogens (tertiary/aromatic N) is 3. The molecule has 0 aromatic rings. The van der Waals surface area contributed by atoms with Crippen molar-refractivity contribution in [3.63, 3.8) is 0 Å². The molecular formula is C20H41N5O. The van der Waals surface area contributed by atoms with Crippen LogP contribution < -0.4 is 10.6 Å². The largest absolute Gasteiger partial charge is 0.379 e. The molecule has 2 saturated heterocycles. The molecule has 6 nitrogen and oxygen atoms in total. The zero-order valence-electron chi connectivity index (χ0n) is 17.6. The summed E-state index contributed by atoms with van der Waals surface area (Å²) in [6.07, 6.45) is 3.59. The summed E-state index contributed by atoms with van der Waals surface area (Å²) in [5.74, 6) is 1.65. The van der Waals surface area contributed by atoms with Crippen LogP contribution in [-0.4, -0.2) is 86.9 Å². The molecule has 0 bridgehead atoms. The van der Waals surface area contributed by atoms with Gasteiger partial charge in [0.2, 0.25) is 0 Å². The average Bonchev–Trinajstić information content (AvgIpc) is 2.64. The number of hydrogen-bond donors (Lipinski definition) is 2. The van der Waals surface area contributed by atoms with Crippen LogP contribution in [0.1, 0.15) is 47.0 Å². The number of rotatable bonds is 7. The normalized spacial score (nSPS) is 22.8. The van der Waals surface area contributed by atoms with Crippen molar-refractivity contribution in [2.45, 2.75) is 65.1 Å². The van der Waals surface area contributed by atoms with Crippen molar-refractivity contribution in [3.05, 3.63) is 0 Å². The number of guanidine groups is 1. The third-order valence-electron chi connectivity index (χ3n) is 5.63. The molecule has 1 unspecified atom stereocenters. The van der Waals surface area contributed by atoms with E-state index in [-0.39, 0.29) is 0 Å². The Kier molecular flexibility index (Phi) is 9.16. The summed E-state index contributed by atoms with van der Waals surface area (Å²) < 4.78 is 5.53. The molecule has 0 aliphatic carbocycles. The summed E-state index contributed by atoms with van der Waals surface area (Å²) in [6.45, 7) is 16.3. The number of aliphatic imine (C=N–C) groups is 1. The van der Waals surface area contributed by atoms with Crippen LogP contribution in [0.15, 0.2) is 4.99 Å². The van der Waals surface area contributed by atoms with E-state index < -0.39 is 0 Å². The van der Waals surface area contributed by atoms with Gasteiger partial charge in [-0.05, 0) is 39.0 Å². The van der Waals surface area contributed by atoms with E-state index >= 15 is 0 Å². The van der Waals surface area contributed by atoms with Crippen LogP contribution in [0.4, 0.5) is 0 Å². The summed E-state index contributed by atoms with van der Waals surface area (Å²) in [5, 5.41) is 7.24. The standard InChI is InChI=1S/C20H41N5O/c1-16(2)14-19(25-10-12-26-13-11-25)15-22-20(21-5)23-18-6-8-24(9-7-18)17(3)4/h16-19H,6-15H2,1-5H3,(H2,21,22,23). The topological polar surface area (TPSA) is 52.1 Å². The van der Waals surface area contributed by atoms with Gasteiger partial charge in [0.15, 0.2) is 5.96 Å². The molecule has 2 aliphatic rings. The van der Waals surface area contributed by atoms with Gasteiger partial charge >= 0.3 is 0 Å². The molecule has 0 amide bonds. The molecule has 2 aliphatic heterocycles. The summed E-state index contributed by atoms with van der Waals surface area (Å²) >= 11 is 0. The smallest absolute Gasteiger partial charge is 0.191 e. The Hall–Kier alpha value is -0.850. The second-order valence-electron chi connectivity index (χ2n) is 8.43. The fraction of sp³-hybridized carbons (Fsp3) is 0.950. The van der Waals surface area contributed by atoms with E-state index in [2.05, 4.69) is 53.1 Å². The maximum atomic E-state index is 5.53. The number of piperidine rings is 1. The summed E-state index contributed by atoms with van der Waals surface area (Å²) in [7, 11) is 1.88. The van der Waals surface area contributed by atoms with E-state index in [1.54, 1.807) is 0 Å². The van der Waals surface area contributed by atoms with Crippen molar-refractivity contribution in [3.8, 4) is 0 Å². The number of ether oxygens (including phenoxy) is 1. The minimum atomic E-state index is 0.531. The fourth-order valence-electron chi connectivity index (χ4n) is 4.01. The van der Waals surface area contributed by atoms with Gasteiger partial charge < -0.3 is 20.3 Å². The van der Waals surface area contributed by atoms with Crippen molar-refractivity contribution in [2.75, 3.05) is 53.0 Å². The number of likely N-dealkylation sites (tertiary alicyclic amines) is 1.